The number of methoxy groups -OCH3 is 1. The molecule has 0 radical (unpaired) electrons. The number of hydrogen-bond acceptors (Lipinski definition) is 3. The third kappa shape index (κ3) is 2.28. The van der Waals surface area contributed by atoms with E-state index in [2.05, 4.69) is 15.9 Å². The van der Waals surface area contributed by atoms with Gasteiger partial charge in [-0.25, -0.2) is 0 Å². The van der Waals surface area contributed by atoms with E-state index in [-0.39, 0.29) is 16.9 Å². The van der Waals surface area contributed by atoms with Gasteiger partial charge >= 0.3 is 0 Å². The van der Waals surface area contributed by atoms with Crippen molar-refractivity contribution < 1.29 is 14.3 Å². The van der Waals surface area contributed by atoms with Crippen LogP contribution in [0.5, 0.6) is 0 Å². The predicted octanol–water partition coefficient (Wildman–Crippen LogP) is 1.24. The van der Waals surface area contributed by atoms with Crippen LogP contribution in [-0.2, 0) is 14.3 Å². The fourth-order valence-electron chi connectivity index (χ4n) is 1.04. The van der Waals surface area contributed by atoms with Crippen LogP contribution in [0, 0.1) is 5.92 Å². The fourth-order valence-corrected chi connectivity index (χ4v) is 1.39. The largest absolute Gasteiger partial charge is 0.497 e. The average molecular weight is 245 g/mol. The van der Waals surface area contributed by atoms with Gasteiger partial charge < -0.3 is 4.74 Å². The zero-order valence-electron chi connectivity index (χ0n) is 7.12. The lowest BCUT2D eigenvalue weighted by molar-refractivity contribution is -0.126. The van der Waals surface area contributed by atoms with Gasteiger partial charge in [-0.15, -0.1) is 0 Å². The van der Waals surface area contributed by atoms with Crippen molar-refractivity contribution in [2.75, 3.05) is 12.4 Å². The van der Waals surface area contributed by atoms with Crippen molar-refractivity contribution in [2.24, 2.45) is 5.92 Å². The fraction of sp³-hybridized carbons (Fsp3) is 0.333. The minimum atomic E-state index is -0.681. The molecule has 0 aromatic rings. The van der Waals surface area contributed by atoms with Crippen LogP contribution in [0.2, 0.25) is 0 Å². The SMILES string of the molecule is COC1=CC(C(=O)CBr)C(=O)C=C1. The van der Waals surface area contributed by atoms with E-state index in [0.29, 0.717) is 5.76 Å². The van der Waals surface area contributed by atoms with Crippen LogP contribution in [0.4, 0.5) is 0 Å². The zero-order valence-corrected chi connectivity index (χ0v) is 8.71. The molecule has 0 N–H and O–H groups in total. The van der Waals surface area contributed by atoms with Gasteiger partial charge in [-0.3, -0.25) is 9.59 Å². The number of ether oxygens (including phenoxy) is 1. The second-order valence-corrected chi connectivity index (χ2v) is 3.15. The van der Waals surface area contributed by atoms with Crippen molar-refractivity contribution in [3.8, 4) is 0 Å². The molecule has 0 heterocycles. The standard InChI is InChI=1S/C9H9BrO3/c1-13-6-2-3-8(11)7(4-6)9(12)5-10/h2-4,7H,5H2,1H3. The highest BCUT2D eigenvalue weighted by atomic mass is 79.9. The summed E-state index contributed by atoms with van der Waals surface area (Å²) in [5.41, 5.74) is 0. The van der Waals surface area contributed by atoms with E-state index >= 15 is 0 Å². The first-order chi connectivity index (χ1) is 6.19. The molecular weight excluding hydrogens is 236 g/mol. The minimum absolute atomic E-state index is 0.149. The minimum Gasteiger partial charge on any atom is -0.497 e. The van der Waals surface area contributed by atoms with Crippen molar-refractivity contribution in [3.63, 3.8) is 0 Å². The highest BCUT2D eigenvalue weighted by Crippen LogP contribution is 2.15. The van der Waals surface area contributed by atoms with Crippen LogP contribution in [0.25, 0.3) is 0 Å². The Morgan fingerprint density at radius 2 is 2.31 bits per heavy atom. The number of carbonyl (C=O) groups is 2. The second-order valence-electron chi connectivity index (χ2n) is 2.59. The molecule has 0 aliphatic heterocycles. The lowest BCUT2D eigenvalue weighted by Gasteiger charge is -2.12. The maximum Gasteiger partial charge on any atom is 0.170 e. The van der Waals surface area contributed by atoms with Crippen molar-refractivity contribution in [1.29, 1.82) is 0 Å². The number of ketones is 2. The molecule has 0 saturated carbocycles. The third-order valence-corrected chi connectivity index (χ3v) is 2.32. The quantitative estimate of drug-likeness (QED) is 0.555. The number of rotatable bonds is 3. The Hall–Kier alpha value is -0.900. The number of allylic oxidation sites excluding steroid dienone is 3. The first kappa shape index (κ1) is 10.2. The zero-order chi connectivity index (χ0) is 9.84. The first-order valence-corrected chi connectivity index (χ1v) is 4.87. The summed E-state index contributed by atoms with van der Waals surface area (Å²) in [7, 11) is 1.50. The van der Waals surface area contributed by atoms with E-state index in [1.54, 1.807) is 6.08 Å². The maximum atomic E-state index is 11.2. The van der Waals surface area contributed by atoms with Gasteiger partial charge in [0.2, 0.25) is 0 Å². The summed E-state index contributed by atoms with van der Waals surface area (Å²) in [5.74, 6) is -0.465. The lowest BCUT2D eigenvalue weighted by Crippen LogP contribution is -2.24. The Labute approximate surface area is 84.6 Å². The third-order valence-electron chi connectivity index (χ3n) is 1.76. The van der Waals surface area contributed by atoms with Gasteiger partial charge in [-0.05, 0) is 18.2 Å². The number of alkyl halides is 1. The topological polar surface area (TPSA) is 43.4 Å². The summed E-state index contributed by atoms with van der Waals surface area (Å²) < 4.78 is 4.92. The number of Topliss-reactive ketones (excluding diaryl/α,β-unsaturated/α-hetero) is 1. The second kappa shape index (κ2) is 4.37. The van der Waals surface area contributed by atoms with E-state index < -0.39 is 5.92 Å². The Balaban J connectivity index is 2.85. The van der Waals surface area contributed by atoms with E-state index in [1.165, 1.54) is 19.3 Å². The Morgan fingerprint density at radius 1 is 1.62 bits per heavy atom. The van der Waals surface area contributed by atoms with Crippen LogP contribution >= 0.6 is 15.9 Å². The summed E-state index contributed by atoms with van der Waals surface area (Å²) in [6.45, 7) is 0. The van der Waals surface area contributed by atoms with Gasteiger partial charge in [0, 0.05) is 0 Å². The molecule has 1 aliphatic rings. The Morgan fingerprint density at radius 3 is 2.85 bits per heavy atom. The van der Waals surface area contributed by atoms with Crippen LogP contribution in [0.15, 0.2) is 24.0 Å². The number of hydrogen-bond donors (Lipinski definition) is 0. The van der Waals surface area contributed by atoms with Crippen LogP contribution in [0.3, 0.4) is 0 Å². The molecule has 0 saturated heterocycles. The van der Waals surface area contributed by atoms with Crippen LogP contribution in [-0.4, -0.2) is 24.0 Å². The summed E-state index contributed by atoms with van der Waals surface area (Å²) >= 11 is 3.02. The monoisotopic (exact) mass is 244 g/mol. The lowest BCUT2D eigenvalue weighted by atomic mass is 9.95. The highest BCUT2D eigenvalue weighted by molar-refractivity contribution is 9.09. The maximum absolute atomic E-state index is 11.2. The molecule has 1 aliphatic carbocycles. The summed E-state index contributed by atoms with van der Waals surface area (Å²) in [6.07, 6.45) is 4.45. The molecule has 0 aromatic carbocycles. The van der Waals surface area contributed by atoms with Crippen LogP contribution < -0.4 is 0 Å². The molecule has 1 rings (SSSR count). The number of carbonyl (C=O) groups excluding carboxylic acids is 2. The molecular formula is C9H9BrO3. The molecule has 0 bridgehead atoms. The molecule has 3 nitrogen and oxygen atoms in total. The molecule has 13 heavy (non-hydrogen) atoms. The molecule has 70 valence electrons. The average Bonchev–Trinajstić information content (AvgIpc) is 2.17. The molecule has 4 heteroatoms. The molecule has 0 amide bonds. The van der Waals surface area contributed by atoms with Gasteiger partial charge in [0.15, 0.2) is 11.6 Å². The molecule has 0 aromatic heterocycles. The molecule has 0 fully saturated rings. The summed E-state index contributed by atoms with van der Waals surface area (Å²) in [4.78, 5) is 22.5. The van der Waals surface area contributed by atoms with Crippen molar-refractivity contribution in [1.82, 2.24) is 0 Å². The van der Waals surface area contributed by atoms with E-state index in [9.17, 15) is 9.59 Å². The normalized spacial score (nSPS) is 21.2. The molecule has 0 spiro atoms. The Kier molecular flexibility index (Phi) is 3.42. The summed E-state index contributed by atoms with van der Waals surface area (Å²) in [5, 5.41) is 0.185. The summed E-state index contributed by atoms with van der Waals surface area (Å²) in [6, 6.07) is 0. The van der Waals surface area contributed by atoms with Gasteiger partial charge in [-0.2, -0.15) is 0 Å². The molecule has 1 atom stereocenters. The van der Waals surface area contributed by atoms with Gasteiger partial charge in [-0.1, -0.05) is 15.9 Å². The van der Waals surface area contributed by atoms with E-state index in [1.807, 2.05) is 0 Å². The van der Waals surface area contributed by atoms with Crippen molar-refractivity contribution >= 4 is 27.5 Å². The van der Waals surface area contributed by atoms with Crippen LogP contribution in [0.1, 0.15) is 0 Å². The Bertz CT molecular complexity index is 291. The van der Waals surface area contributed by atoms with Gasteiger partial charge in [0.25, 0.3) is 0 Å². The smallest absolute Gasteiger partial charge is 0.170 e. The van der Waals surface area contributed by atoms with E-state index in [0.717, 1.165) is 0 Å². The highest BCUT2D eigenvalue weighted by Gasteiger charge is 2.24. The molecule has 1 unspecified atom stereocenters. The van der Waals surface area contributed by atoms with Gasteiger partial charge in [0.1, 0.15) is 11.7 Å². The number of halogens is 1. The van der Waals surface area contributed by atoms with E-state index in [4.69, 9.17) is 4.74 Å². The predicted molar refractivity (Wildman–Crippen MR) is 51.5 cm³/mol. The van der Waals surface area contributed by atoms with Crippen molar-refractivity contribution in [3.05, 3.63) is 24.0 Å². The first-order valence-electron chi connectivity index (χ1n) is 3.75. The van der Waals surface area contributed by atoms with Gasteiger partial charge in [0.05, 0.1) is 12.4 Å². The van der Waals surface area contributed by atoms with Crippen molar-refractivity contribution in [2.45, 2.75) is 0 Å².